The van der Waals surface area contributed by atoms with Crippen LogP contribution in [0.4, 0.5) is 0 Å². The summed E-state index contributed by atoms with van der Waals surface area (Å²) >= 11 is 6.03. The Bertz CT molecular complexity index is 441. The van der Waals surface area contributed by atoms with Gasteiger partial charge in [0.25, 0.3) is 0 Å². The van der Waals surface area contributed by atoms with Crippen LogP contribution in [-0.2, 0) is 0 Å². The van der Waals surface area contributed by atoms with Gasteiger partial charge in [-0.2, -0.15) is 0 Å². The van der Waals surface area contributed by atoms with Crippen molar-refractivity contribution < 1.29 is 9.84 Å². The zero-order chi connectivity index (χ0) is 14.0. The minimum Gasteiger partial charge on any atom is -0.496 e. The van der Waals surface area contributed by atoms with Crippen molar-refractivity contribution in [3.63, 3.8) is 0 Å². The summed E-state index contributed by atoms with van der Waals surface area (Å²) in [5.41, 5.74) is 0.752. The molecule has 19 heavy (non-hydrogen) atoms. The van der Waals surface area contributed by atoms with Crippen LogP contribution in [0.25, 0.3) is 0 Å². The molecule has 0 aromatic heterocycles. The first kappa shape index (κ1) is 14.6. The summed E-state index contributed by atoms with van der Waals surface area (Å²) in [4.78, 5) is 4.41. The first-order chi connectivity index (χ1) is 9.02. The molecule has 1 aliphatic rings. The second kappa shape index (κ2) is 6.09. The molecule has 2 rings (SSSR count). The quantitative estimate of drug-likeness (QED) is 0.915. The molecule has 0 spiro atoms. The number of hydrogen-bond acceptors (Lipinski definition) is 4. The Balaban J connectivity index is 2.27. The van der Waals surface area contributed by atoms with Crippen LogP contribution in [0.3, 0.4) is 0 Å². The molecular weight excluding hydrogens is 264 g/mol. The first-order valence-electron chi connectivity index (χ1n) is 6.43. The van der Waals surface area contributed by atoms with Gasteiger partial charge in [-0.25, -0.2) is 0 Å². The summed E-state index contributed by atoms with van der Waals surface area (Å²) in [6.45, 7) is 2.79. The van der Waals surface area contributed by atoms with E-state index in [0.717, 1.165) is 25.2 Å². The van der Waals surface area contributed by atoms with Gasteiger partial charge in [0.15, 0.2) is 0 Å². The summed E-state index contributed by atoms with van der Waals surface area (Å²) < 4.78 is 5.32. The van der Waals surface area contributed by atoms with Crippen molar-refractivity contribution in [2.75, 3.05) is 40.8 Å². The molecule has 106 valence electrons. The summed E-state index contributed by atoms with van der Waals surface area (Å²) in [7, 11) is 5.72. The Kier molecular flexibility index (Phi) is 4.68. The lowest BCUT2D eigenvalue weighted by Gasteiger charge is -2.40. The minimum atomic E-state index is -0.610. The second-order valence-corrected chi connectivity index (χ2v) is 5.58. The maximum absolute atomic E-state index is 10.7. The number of benzene rings is 1. The van der Waals surface area contributed by atoms with Crippen LogP contribution in [0.2, 0.25) is 5.02 Å². The number of piperazine rings is 1. The van der Waals surface area contributed by atoms with Crippen LogP contribution in [0.15, 0.2) is 18.2 Å². The van der Waals surface area contributed by atoms with Crippen molar-refractivity contribution in [1.29, 1.82) is 0 Å². The third kappa shape index (κ3) is 3.20. The number of ether oxygens (including phenoxy) is 1. The third-order valence-electron chi connectivity index (χ3n) is 3.77. The number of aliphatic hydroxyl groups is 1. The number of aliphatic hydroxyl groups excluding tert-OH is 1. The van der Waals surface area contributed by atoms with Crippen molar-refractivity contribution in [3.05, 3.63) is 28.8 Å². The van der Waals surface area contributed by atoms with E-state index in [1.54, 1.807) is 25.3 Å². The molecule has 1 aromatic carbocycles. The normalized spacial score (nSPS) is 23.3. The maximum atomic E-state index is 10.7. The highest BCUT2D eigenvalue weighted by Crippen LogP contribution is 2.32. The molecule has 1 saturated heterocycles. The Hall–Kier alpha value is -0.810. The summed E-state index contributed by atoms with van der Waals surface area (Å²) in [5.74, 6) is 0.679. The van der Waals surface area contributed by atoms with Gasteiger partial charge in [-0.1, -0.05) is 11.6 Å². The van der Waals surface area contributed by atoms with Crippen LogP contribution < -0.4 is 4.74 Å². The topological polar surface area (TPSA) is 35.9 Å². The number of methoxy groups -OCH3 is 1. The molecular formula is C14H21ClN2O2. The number of halogens is 1. The highest BCUT2D eigenvalue weighted by molar-refractivity contribution is 6.30. The fourth-order valence-electron chi connectivity index (χ4n) is 2.53. The average Bonchev–Trinajstić information content (AvgIpc) is 2.40. The van der Waals surface area contributed by atoms with E-state index in [-0.39, 0.29) is 6.04 Å². The van der Waals surface area contributed by atoms with Gasteiger partial charge in [0.2, 0.25) is 0 Å². The van der Waals surface area contributed by atoms with Crippen LogP contribution in [0.1, 0.15) is 11.7 Å². The van der Waals surface area contributed by atoms with Gasteiger partial charge >= 0.3 is 0 Å². The van der Waals surface area contributed by atoms with Crippen LogP contribution in [-0.4, -0.2) is 61.8 Å². The Morgan fingerprint density at radius 1 is 1.37 bits per heavy atom. The maximum Gasteiger partial charge on any atom is 0.124 e. The van der Waals surface area contributed by atoms with E-state index in [4.69, 9.17) is 16.3 Å². The Morgan fingerprint density at radius 2 is 2.11 bits per heavy atom. The van der Waals surface area contributed by atoms with Crippen molar-refractivity contribution in [3.8, 4) is 5.75 Å². The molecule has 1 N–H and O–H groups in total. The number of rotatable bonds is 3. The van der Waals surface area contributed by atoms with Crippen molar-refractivity contribution >= 4 is 11.6 Å². The lowest BCUT2D eigenvalue weighted by atomic mass is 9.98. The van der Waals surface area contributed by atoms with Gasteiger partial charge in [-0.05, 0) is 32.3 Å². The Morgan fingerprint density at radius 3 is 2.79 bits per heavy atom. The molecule has 4 nitrogen and oxygen atoms in total. The van der Waals surface area contributed by atoms with Crippen molar-refractivity contribution in [2.45, 2.75) is 12.1 Å². The monoisotopic (exact) mass is 284 g/mol. The number of likely N-dealkylation sites (N-methyl/N-ethyl adjacent to an activating group) is 2. The number of hydrogen-bond donors (Lipinski definition) is 1. The molecule has 1 heterocycles. The highest BCUT2D eigenvalue weighted by Gasteiger charge is 2.31. The summed E-state index contributed by atoms with van der Waals surface area (Å²) in [6, 6.07) is 5.40. The minimum absolute atomic E-state index is 0.0473. The molecule has 1 fully saturated rings. The van der Waals surface area contributed by atoms with E-state index in [1.165, 1.54) is 0 Å². The fourth-order valence-corrected chi connectivity index (χ4v) is 2.71. The zero-order valence-electron chi connectivity index (χ0n) is 11.6. The predicted molar refractivity (Wildman–Crippen MR) is 76.9 cm³/mol. The van der Waals surface area contributed by atoms with E-state index < -0.39 is 6.10 Å². The largest absolute Gasteiger partial charge is 0.496 e. The van der Waals surface area contributed by atoms with Crippen LogP contribution in [0, 0.1) is 0 Å². The zero-order valence-corrected chi connectivity index (χ0v) is 12.4. The van der Waals surface area contributed by atoms with E-state index in [1.807, 2.05) is 7.05 Å². The summed E-state index contributed by atoms with van der Waals surface area (Å²) in [6.07, 6.45) is -0.610. The fraction of sp³-hybridized carbons (Fsp3) is 0.571. The molecule has 0 radical (unpaired) electrons. The molecule has 2 unspecified atom stereocenters. The lowest BCUT2D eigenvalue weighted by Crippen LogP contribution is -2.52. The van der Waals surface area contributed by atoms with Crippen molar-refractivity contribution in [2.24, 2.45) is 0 Å². The van der Waals surface area contributed by atoms with Gasteiger partial charge in [-0.3, -0.25) is 4.90 Å². The SMILES string of the molecule is COc1ccc(Cl)cc1C(O)C1CN(C)CCN1C. The molecule has 0 aliphatic carbocycles. The van der Waals surface area contributed by atoms with E-state index in [9.17, 15) is 5.11 Å². The standard InChI is InChI=1S/C14H21ClN2O2/c1-16-6-7-17(2)12(9-16)14(18)11-8-10(15)4-5-13(11)19-3/h4-5,8,12,14,18H,6-7,9H2,1-3H3. The van der Waals surface area contributed by atoms with Gasteiger partial charge in [0.1, 0.15) is 5.75 Å². The van der Waals surface area contributed by atoms with Gasteiger partial charge in [-0.15, -0.1) is 0 Å². The second-order valence-electron chi connectivity index (χ2n) is 5.14. The molecule has 0 amide bonds. The van der Waals surface area contributed by atoms with E-state index >= 15 is 0 Å². The van der Waals surface area contributed by atoms with Gasteiger partial charge < -0.3 is 14.7 Å². The number of nitrogens with zero attached hydrogens (tertiary/aromatic N) is 2. The van der Waals surface area contributed by atoms with Gasteiger partial charge in [0, 0.05) is 30.2 Å². The molecule has 1 aliphatic heterocycles. The average molecular weight is 285 g/mol. The van der Waals surface area contributed by atoms with E-state index in [2.05, 4.69) is 16.8 Å². The lowest BCUT2D eigenvalue weighted by molar-refractivity contribution is 0.0128. The molecule has 5 heteroatoms. The molecule has 1 aromatic rings. The third-order valence-corrected chi connectivity index (χ3v) is 4.01. The first-order valence-corrected chi connectivity index (χ1v) is 6.81. The highest BCUT2D eigenvalue weighted by atomic mass is 35.5. The Labute approximate surface area is 119 Å². The van der Waals surface area contributed by atoms with Gasteiger partial charge in [0.05, 0.1) is 19.3 Å². The van der Waals surface area contributed by atoms with Crippen LogP contribution >= 0.6 is 11.6 Å². The molecule has 0 saturated carbocycles. The van der Waals surface area contributed by atoms with E-state index in [0.29, 0.717) is 10.8 Å². The predicted octanol–water partition coefficient (Wildman–Crippen LogP) is 1.63. The molecule has 0 bridgehead atoms. The molecule has 2 atom stereocenters. The summed E-state index contributed by atoms with van der Waals surface area (Å²) in [5, 5.41) is 11.3. The smallest absolute Gasteiger partial charge is 0.124 e. The van der Waals surface area contributed by atoms with Crippen LogP contribution in [0.5, 0.6) is 5.75 Å². The van der Waals surface area contributed by atoms with Crippen molar-refractivity contribution in [1.82, 2.24) is 9.80 Å².